The first-order chi connectivity index (χ1) is 15.6. The number of thiophene rings is 1. The number of aromatic amines is 1. The number of aromatic nitrogens is 6. The Balaban J connectivity index is 1.45. The van der Waals surface area contributed by atoms with Crippen LogP contribution >= 0.6 is 23.1 Å². The van der Waals surface area contributed by atoms with Crippen molar-refractivity contribution in [3.63, 3.8) is 0 Å². The van der Waals surface area contributed by atoms with Crippen molar-refractivity contribution in [2.75, 3.05) is 7.11 Å². The van der Waals surface area contributed by atoms with E-state index in [9.17, 15) is 4.79 Å². The molecule has 1 unspecified atom stereocenters. The van der Waals surface area contributed by atoms with Crippen LogP contribution in [0, 0.1) is 0 Å². The summed E-state index contributed by atoms with van der Waals surface area (Å²) < 4.78 is 6.86. The van der Waals surface area contributed by atoms with Gasteiger partial charge in [-0.15, -0.1) is 16.4 Å². The number of methoxy groups -OCH3 is 1. The Hall–Kier alpha value is -3.50. The Kier molecular flexibility index (Phi) is 5.46. The largest absolute Gasteiger partial charge is 0.497 e. The third kappa shape index (κ3) is 3.78. The normalized spacial score (nSPS) is 12.2. The molecule has 0 saturated carbocycles. The molecule has 0 bridgehead atoms. The molecule has 160 valence electrons. The Morgan fingerprint density at radius 2 is 1.91 bits per heavy atom. The number of fused-ring (bicyclic) bond motifs is 1. The number of nitrogens with zero attached hydrogens (tertiary/aromatic N) is 5. The van der Waals surface area contributed by atoms with Crippen LogP contribution in [0.3, 0.4) is 0 Å². The second kappa shape index (κ2) is 8.56. The van der Waals surface area contributed by atoms with Crippen LogP contribution in [0.4, 0.5) is 0 Å². The van der Waals surface area contributed by atoms with Gasteiger partial charge in [-0.3, -0.25) is 4.79 Å². The van der Waals surface area contributed by atoms with Gasteiger partial charge in [0.25, 0.3) is 5.56 Å². The van der Waals surface area contributed by atoms with Gasteiger partial charge in [0.15, 0.2) is 0 Å². The van der Waals surface area contributed by atoms with Crippen LogP contribution in [-0.4, -0.2) is 37.3 Å². The second-order valence-electron chi connectivity index (χ2n) is 6.98. The molecule has 2 aromatic carbocycles. The maximum Gasteiger partial charge on any atom is 0.260 e. The summed E-state index contributed by atoms with van der Waals surface area (Å²) >= 11 is 2.89. The zero-order valence-corrected chi connectivity index (χ0v) is 18.9. The van der Waals surface area contributed by atoms with E-state index in [-0.39, 0.29) is 10.8 Å². The van der Waals surface area contributed by atoms with E-state index in [0.717, 1.165) is 22.6 Å². The van der Waals surface area contributed by atoms with Gasteiger partial charge in [-0.2, -0.15) is 4.68 Å². The molecule has 10 heteroatoms. The van der Waals surface area contributed by atoms with Crippen LogP contribution in [0.25, 0.3) is 27.0 Å². The maximum atomic E-state index is 13.0. The highest BCUT2D eigenvalue weighted by Crippen LogP contribution is 2.35. The van der Waals surface area contributed by atoms with Gasteiger partial charge in [0.05, 0.1) is 23.4 Å². The summed E-state index contributed by atoms with van der Waals surface area (Å²) in [5.74, 6) is 1.34. The van der Waals surface area contributed by atoms with Crippen molar-refractivity contribution in [1.82, 2.24) is 30.2 Å². The fourth-order valence-corrected chi connectivity index (χ4v) is 5.16. The minimum Gasteiger partial charge on any atom is -0.497 e. The average molecular weight is 463 g/mol. The molecule has 0 spiro atoms. The number of hydrogen-bond acceptors (Lipinski definition) is 8. The van der Waals surface area contributed by atoms with E-state index < -0.39 is 0 Å². The third-order valence-electron chi connectivity index (χ3n) is 4.97. The van der Waals surface area contributed by atoms with Gasteiger partial charge in [0, 0.05) is 10.9 Å². The van der Waals surface area contributed by atoms with Crippen molar-refractivity contribution in [3.8, 4) is 22.6 Å². The van der Waals surface area contributed by atoms with Gasteiger partial charge in [-0.25, -0.2) is 4.98 Å². The van der Waals surface area contributed by atoms with Crippen molar-refractivity contribution in [1.29, 1.82) is 0 Å². The van der Waals surface area contributed by atoms with Crippen molar-refractivity contribution in [2.24, 2.45) is 0 Å². The SMILES string of the molecule is COc1ccc(-n2nnnc2SC(C)c2nc3scc(-c4ccccc4)c3c(=O)[nH]2)cc1. The lowest BCUT2D eigenvalue weighted by Gasteiger charge is -2.11. The van der Waals surface area contributed by atoms with Crippen LogP contribution in [0.2, 0.25) is 0 Å². The lowest BCUT2D eigenvalue weighted by Crippen LogP contribution is -2.12. The van der Waals surface area contributed by atoms with E-state index >= 15 is 0 Å². The average Bonchev–Trinajstić information content (AvgIpc) is 3.47. The van der Waals surface area contributed by atoms with E-state index in [0.29, 0.717) is 21.2 Å². The summed E-state index contributed by atoms with van der Waals surface area (Å²) in [5.41, 5.74) is 2.56. The molecule has 8 nitrogen and oxygen atoms in total. The summed E-state index contributed by atoms with van der Waals surface area (Å²) in [6, 6.07) is 17.3. The molecular weight excluding hydrogens is 444 g/mol. The van der Waals surface area contributed by atoms with Crippen LogP contribution in [-0.2, 0) is 0 Å². The van der Waals surface area contributed by atoms with E-state index in [1.165, 1.54) is 23.1 Å². The molecule has 5 rings (SSSR count). The van der Waals surface area contributed by atoms with Gasteiger partial charge in [-0.1, -0.05) is 42.1 Å². The van der Waals surface area contributed by atoms with E-state index in [1.54, 1.807) is 11.8 Å². The predicted molar refractivity (Wildman–Crippen MR) is 126 cm³/mol. The maximum absolute atomic E-state index is 13.0. The van der Waals surface area contributed by atoms with Gasteiger partial charge >= 0.3 is 0 Å². The third-order valence-corrected chi connectivity index (χ3v) is 6.89. The molecule has 0 saturated heterocycles. The Labute approximate surface area is 191 Å². The van der Waals surface area contributed by atoms with Gasteiger partial charge in [0.2, 0.25) is 5.16 Å². The van der Waals surface area contributed by atoms with Gasteiger partial charge in [-0.05, 0) is 47.2 Å². The Bertz CT molecular complexity index is 1430. The molecule has 0 aliphatic rings. The number of ether oxygens (including phenoxy) is 1. The van der Waals surface area contributed by atoms with Crippen LogP contribution in [0.15, 0.2) is 69.9 Å². The molecule has 1 atom stereocenters. The Morgan fingerprint density at radius 1 is 1.12 bits per heavy atom. The summed E-state index contributed by atoms with van der Waals surface area (Å²) in [4.78, 5) is 21.4. The molecule has 3 aromatic heterocycles. The van der Waals surface area contributed by atoms with Crippen LogP contribution < -0.4 is 10.3 Å². The topological polar surface area (TPSA) is 98.6 Å². The fraction of sp³-hybridized carbons (Fsp3) is 0.136. The lowest BCUT2D eigenvalue weighted by atomic mass is 10.1. The molecule has 0 aliphatic carbocycles. The van der Waals surface area contributed by atoms with Crippen LogP contribution in [0.5, 0.6) is 5.75 Å². The number of thioether (sulfide) groups is 1. The molecule has 0 fully saturated rings. The molecular formula is C22H18N6O2S2. The zero-order chi connectivity index (χ0) is 22.1. The highest BCUT2D eigenvalue weighted by atomic mass is 32.2. The molecule has 32 heavy (non-hydrogen) atoms. The van der Waals surface area contributed by atoms with Crippen molar-refractivity contribution >= 4 is 33.3 Å². The fourth-order valence-electron chi connectivity index (χ4n) is 3.34. The Morgan fingerprint density at radius 3 is 2.66 bits per heavy atom. The van der Waals surface area contributed by atoms with Crippen LogP contribution in [0.1, 0.15) is 18.0 Å². The molecule has 5 aromatic rings. The predicted octanol–water partition coefficient (Wildman–Crippen LogP) is 4.49. The number of nitrogens with one attached hydrogen (secondary N) is 1. The molecule has 0 aliphatic heterocycles. The van der Waals surface area contributed by atoms with Crippen molar-refractivity contribution < 1.29 is 4.74 Å². The minimum absolute atomic E-state index is 0.146. The molecule has 1 N–H and O–H groups in total. The first-order valence-electron chi connectivity index (χ1n) is 9.80. The lowest BCUT2D eigenvalue weighted by molar-refractivity contribution is 0.414. The summed E-state index contributed by atoms with van der Waals surface area (Å²) in [6.45, 7) is 1.97. The smallest absolute Gasteiger partial charge is 0.260 e. The van der Waals surface area contributed by atoms with Crippen molar-refractivity contribution in [2.45, 2.75) is 17.3 Å². The second-order valence-corrected chi connectivity index (χ2v) is 9.14. The first kappa shape index (κ1) is 20.4. The minimum atomic E-state index is -0.169. The highest BCUT2D eigenvalue weighted by molar-refractivity contribution is 7.99. The van der Waals surface area contributed by atoms with Gasteiger partial charge < -0.3 is 9.72 Å². The zero-order valence-electron chi connectivity index (χ0n) is 17.2. The number of benzene rings is 2. The van der Waals surface area contributed by atoms with E-state index in [1.807, 2.05) is 66.9 Å². The molecule has 0 amide bonds. The number of hydrogen-bond donors (Lipinski definition) is 1. The number of H-pyrrole nitrogens is 1. The number of tetrazole rings is 1. The van der Waals surface area contributed by atoms with E-state index in [4.69, 9.17) is 9.72 Å². The summed E-state index contributed by atoms with van der Waals surface area (Å²) in [5, 5.41) is 15.1. The monoisotopic (exact) mass is 462 g/mol. The summed E-state index contributed by atoms with van der Waals surface area (Å²) in [6.07, 6.45) is 0. The first-order valence-corrected chi connectivity index (χ1v) is 11.6. The molecule has 3 heterocycles. The summed E-state index contributed by atoms with van der Waals surface area (Å²) in [7, 11) is 1.62. The van der Waals surface area contributed by atoms with Crippen molar-refractivity contribution in [3.05, 3.63) is 76.2 Å². The standard InChI is InChI=1S/C22H18N6O2S2/c1-13(32-22-25-26-27-28(22)15-8-10-16(30-2)11-9-15)19-23-20(29)18-17(12-31-21(18)24-19)14-6-4-3-5-7-14/h3-13H,1-2H3,(H,23,24,29). The highest BCUT2D eigenvalue weighted by Gasteiger charge is 2.19. The van der Waals surface area contributed by atoms with E-state index in [2.05, 4.69) is 20.5 Å². The van der Waals surface area contributed by atoms with Gasteiger partial charge in [0.1, 0.15) is 16.4 Å². The quantitative estimate of drug-likeness (QED) is 0.371. The molecule has 0 radical (unpaired) electrons. The number of rotatable bonds is 6.